The molecule has 0 saturated heterocycles. The fourth-order valence-corrected chi connectivity index (χ4v) is 9.66. The number of carbonyl (C=O) groups is 4. The Hall–Kier alpha value is -8.66. The number of halogens is 2. The molecular formula is C62H68F2N8O6. The summed E-state index contributed by atoms with van der Waals surface area (Å²) < 4.78 is 39.8. The molecule has 6 N–H and O–H groups in total. The van der Waals surface area contributed by atoms with Crippen LogP contribution >= 0.6 is 0 Å². The summed E-state index contributed by atoms with van der Waals surface area (Å²) in [5, 5.41) is 23.8. The van der Waals surface area contributed by atoms with Crippen molar-refractivity contribution in [3.05, 3.63) is 143 Å². The highest BCUT2D eigenvalue weighted by molar-refractivity contribution is 6.14. The van der Waals surface area contributed by atoms with Gasteiger partial charge in [0.25, 0.3) is 23.6 Å². The van der Waals surface area contributed by atoms with Crippen molar-refractivity contribution >= 4 is 68.3 Å². The van der Waals surface area contributed by atoms with Gasteiger partial charge in [-0.25, -0.2) is 8.78 Å². The summed E-state index contributed by atoms with van der Waals surface area (Å²) in [6.45, 7) is 22.5. The molecule has 2 bridgehead atoms. The Balaban J connectivity index is 0.000000206. The number of fused-ring (bicyclic) bond motifs is 6. The molecule has 1 aliphatic heterocycles. The topological polar surface area (TPSA) is 173 Å². The Kier molecular flexibility index (Phi) is 16.0. The van der Waals surface area contributed by atoms with Crippen molar-refractivity contribution in [3.8, 4) is 44.9 Å². The third-order valence-electron chi connectivity index (χ3n) is 12.9. The standard InChI is InChI=1S/C31H33FN4O3.C31H35FN4O3/c1-7-35-22-14-19(13-20(15-22)29(37)34-31(3,4)5)23-16-24-26(17-25(23)36(35)8-2)39-28(27(24)30(38)33-6)18-9-11-21(32)12-10-18;1-7-34-22-14-19(13-20(15-22)29(37)36-31(3,4)5)23-16-24-26(17-25(23)35-8-2)39-28(27(24)30(38)33-6)18-9-11-21(32)12-10-18/h9-17H,7-8H2,1-6H3,(H,33,38)(H,34,37);9-17,34-35H,7-8H2,1-6H3,(H,33,38)(H,36,37). The van der Waals surface area contributed by atoms with Gasteiger partial charge in [0, 0.05) is 119 Å². The van der Waals surface area contributed by atoms with Crippen molar-refractivity contribution in [2.24, 2.45) is 0 Å². The number of anilines is 4. The molecule has 6 aromatic carbocycles. The van der Waals surface area contributed by atoms with Crippen LogP contribution in [0.15, 0.2) is 118 Å². The van der Waals surface area contributed by atoms with Gasteiger partial charge in [0.1, 0.15) is 34.3 Å². The Morgan fingerprint density at radius 2 is 0.962 bits per heavy atom. The Labute approximate surface area is 453 Å². The molecule has 78 heavy (non-hydrogen) atoms. The number of hydrazine groups is 1. The Morgan fingerprint density at radius 3 is 1.42 bits per heavy atom. The zero-order chi connectivity index (χ0) is 56.4. The maximum Gasteiger partial charge on any atom is 0.255 e. The van der Waals surface area contributed by atoms with Gasteiger partial charge < -0.3 is 40.7 Å². The number of nitrogens with zero attached hydrogens (tertiary/aromatic N) is 2. The van der Waals surface area contributed by atoms with Gasteiger partial charge in [-0.1, -0.05) is 0 Å². The van der Waals surface area contributed by atoms with E-state index in [0.29, 0.717) is 93.0 Å². The Bertz CT molecular complexity index is 3570. The van der Waals surface area contributed by atoms with E-state index in [9.17, 15) is 28.0 Å². The predicted octanol–water partition coefficient (Wildman–Crippen LogP) is 13.0. The number of benzene rings is 6. The van der Waals surface area contributed by atoms with E-state index in [1.54, 1.807) is 38.4 Å². The molecule has 0 aliphatic carbocycles. The molecule has 0 fully saturated rings. The van der Waals surface area contributed by atoms with E-state index in [0.717, 1.165) is 45.0 Å². The summed E-state index contributed by atoms with van der Waals surface area (Å²) in [6, 6.07) is 31.0. The third-order valence-corrected chi connectivity index (χ3v) is 12.9. The summed E-state index contributed by atoms with van der Waals surface area (Å²) in [7, 11) is 3.13. The minimum absolute atomic E-state index is 0.151. The van der Waals surface area contributed by atoms with Gasteiger partial charge in [0.2, 0.25) is 0 Å². The summed E-state index contributed by atoms with van der Waals surface area (Å²) in [5.41, 5.74) is 10.1. The second-order valence-electron chi connectivity index (χ2n) is 21.0. The highest BCUT2D eigenvalue weighted by Gasteiger charge is 2.30. The van der Waals surface area contributed by atoms with E-state index >= 15 is 0 Å². The van der Waals surface area contributed by atoms with Crippen LogP contribution in [0.5, 0.6) is 0 Å². The minimum Gasteiger partial charge on any atom is -0.455 e. The molecule has 9 rings (SSSR count). The van der Waals surface area contributed by atoms with Crippen LogP contribution in [-0.4, -0.2) is 75.0 Å². The molecule has 8 aromatic rings. The SMILES string of the molecule is CCN1c2cc(C(=O)NC(C)(C)C)cc(c2)-c2cc3c(C(=O)NC)c(-c4ccc(F)cc4)oc3cc2N1CC.CCNc1cc(C(=O)NC(C)(C)C)cc(-c2cc3c(C(=O)NC)c(-c4ccc(F)cc4)oc3cc2NCC)c1. The molecular weight excluding hydrogens is 991 g/mol. The quantitative estimate of drug-likeness (QED) is 0.0652. The van der Waals surface area contributed by atoms with Gasteiger partial charge in [-0.2, -0.15) is 0 Å². The van der Waals surface area contributed by atoms with Crippen molar-refractivity contribution < 1.29 is 36.8 Å². The van der Waals surface area contributed by atoms with Gasteiger partial charge in [-0.15, -0.1) is 0 Å². The van der Waals surface area contributed by atoms with Crippen LogP contribution in [0, 0.1) is 11.6 Å². The van der Waals surface area contributed by atoms with Crippen LogP contribution in [0.25, 0.3) is 66.8 Å². The van der Waals surface area contributed by atoms with Crippen LogP contribution in [0.3, 0.4) is 0 Å². The molecule has 3 heterocycles. The zero-order valence-electron chi connectivity index (χ0n) is 46.3. The second-order valence-corrected chi connectivity index (χ2v) is 21.0. The average molecular weight is 1060 g/mol. The highest BCUT2D eigenvalue weighted by Crippen LogP contribution is 2.45. The van der Waals surface area contributed by atoms with E-state index < -0.39 is 5.54 Å². The van der Waals surface area contributed by atoms with Gasteiger partial charge >= 0.3 is 0 Å². The molecule has 0 radical (unpaired) electrons. The van der Waals surface area contributed by atoms with E-state index in [2.05, 4.69) is 61.8 Å². The number of carbonyl (C=O) groups excluding carboxylic acids is 4. The lowest BCUT2D eigenvalue weighted by atomic mass is 9.96. The third kappa shape index (κ3) is 11.7. The van der Waals surface area contributed by atoms with Gasteiger partial charge in [0.05, 0.1) is 22.5 Å². The Morgan fingerprint density at radius 1 is 0.500 bits per heavy atom. The molecule has 2 aromatic heterocycles. The van der Waals surface area contributed by atoms with Crippen LogP contribution in [-0.2, 0) is 0 Å². The maximum absolute atomic E-state index is 13.7. The molecule has 406 valence electrons. The monoisotopic (exact) mass is 1060 g/mol. The molecule has 0 unspecified atom stereocenters. The summed E-state index contributed by atoms with van der Waals surface area (Å²) in [6.07, 6.45) is 0. The highest BCUT2D eigenvalue weighted by atomic mass is 19.1. The van der Waals surface area contributed by atoms with Gasteiger partial charge in [-0.3, -0.25) is 29.2 Å². The van der Waals surface area contributed by atoms with Crippen molar-refractivity contribution in [2.75, 3.05) is 60.9 Å². The lowest BCUT2D eigenvalue weighted by Gasteiger charge is -2.36. The first-order chi connectivity index (χ1) is 37.1. The molecule has 1 aliphatic rings. The van der Waals surface area contributed by atoms with E-state index in [-0.39, 0.29) is 40.8 Å². The van der Waals surface area contributed by atoms with Crippen molar-refractivity contribution in [2.45, 2.75) is 80.3 Å². The number of rotatable bonds is 13. The minimum atomic E-state index is -0.394. The normalized spacial score (nSPS) is 12.1. The zero-order valence-corrected chi connectivity index (χ0v) is 46.3. The van der Waals surface area contributed by atoms with Crippen LogP contribution in [0.1, 0.15) is 111 Å². The van der Waals surface area contributed by atoms with Crippen LogP contribution in [0.2, 0.25) is 0 Å². The van der Waals surface area contributed by atoms with Crippen LogP contribution in [0.4, 0.5) is 31.5 Å². The molecule has 16 heteroatoms. The van der Waals surface area contributed by atoms with Crippen molar-refractivity contribution in [3.63, 3.8) is 0 Å². The number of hydrogen-bond donors (Lipinski definition) is 6. The molecule has 14 nitrogen and oxygen atoms in total. The first kappa shape index (κ1) is 55.6. The van der Waals surface area contributed by atoms with E-state index in [1.165, 1.54) is 24.3 Å². The maximum atomic E-state index is 13.7. The van der Waals surface area contributed by atoms with Gasteiger partial charge in [-0.05, 0) is 177 Å². The fourth-order valence-electron chi connectivity index (χ4n) is 9.66. The molecule has 0 atom stereocenters. The number of amides is 4. The first-order valence-electron chi connectivity index (χ1n) is 26.2. The number of furan rings is 2. The smallest absolute Gasteiger partial charge is 0.255 e. The first-order valence-corrected chi connectivity index (χ1v) is 26.2. The number of hydrogen-bond acceptors (Lipinski definition) is 10. The van der Waals surface area contributed by atoms with E-state index in [1.807, 2.05) is 110 Å². The van der Waals surface area contributed by atoms with Crippen molar-refractivity contribution in [1.29, 1.82) is 0 Å². The summed E-state index contributed by atoms with van der Waals surface area (Å²) in [4.78, 5) is 52.6. The van der Waals surface area contributed by atoms with Crippen LogP contribution < -0.4 is 41.9 Å². The lowest BCUT2D eigenvalue weighted by Crippen LogP contribution is -2.43. The van der Waals surface area contributed by atoms with Crippen molar-refractivity contribution in [1.82, 2.24) is 21.3 Å². The molecule has 4 amide bonds. The molecule has 0 spiro atoms. The largest absolute Gasteiger partial charge is 0.455 e. The fraction of sp³-hybridized carbons (Fsp3) is 0.290. The summed E-state index contributed by atoms with van der Waals surface area (Å²) >= 11 is 0. The second kappa shape index (κ2) is 22.5. The predicted molar refractivity (Wildman–Crippen MR) is 310 cm³/mol. The van der Waals surface area contributed by atoms with Gasteiger partial charge in [0.15, 0.2) is 0 Å². The van der Waals surface area contributed by atoms with E-state index in [4.69, 9.17) is 8.83 Å². The average Bonchev–Trinajstić information content (AvgIpc) is 4.05. The number of nitrogens with one attached hydrogen (secondary N) is 6. The lowest BCUT2D eigenvalue weighted by molar-refractivity contribution is 0.0910. The molecule has 0 saturated carbocycles. The summed E-state index contributed by atoms with van der Waals surface area (Å²) in [5.74, 6) is -0.961.